The molecule has 1 spiro atoms. The van der Waals surface area contributed by atoms with Crippen molar-refractivity contribution in [3.63, 3.8) is 0 Å². The minimum Gasteiger partial charge on any atom is -0.457 e. The van der Waals surface area contributed by atoms with Crippen LogP contribution < -0.4 is 0 Å². The average molecular weight is 443 g/mol. The number of benzene rings is 1. The van der Waals surface area contributed by atoms with Crippen molar-refractivity contribution < 1.29 is 23.9 Å². The number of ketones is 1. The maximum atomic E-state index is 12.9. The van der Waals surface area contributed by atoms with E-state index in [9.17, 15) is 14.4 Å². The number of rotatable bonds is 6. The molecule has 1 aliphatic heterocycles. The number of cyclic esters (lactones) is 1. The molecule has 1 aromatic rings. The zero-order valence-corrected chi connectivity index (χ0v) is 18.8. The van der Waals surface area contributed by atoms with Crippen LogP contribution >= 0.6 is 11.6 Å². The Morgan fingerprint density at radius 3 is 2.71 bits per heavy atom. The molecule has 1 aliphatic carbocycles. The second kappa shape index (κ2) is 9.65. The molecule has 164 valence electrons. The predicted molar refractivity (Wildman–Crippen MR) is 119 cm³/mol. The van der Waals surface area contributed by atoms with Gasteiger partial charge >= 0.3 is 11.9 Å². The van der Waals surface area contributed by atoms with Crippen molar-refractivity contribution in [3.8, 4) is 0 Å². The van der Waals surface area contributed by atoms with Gasteiger partial charge in [-0.3, -0.25) is 9.59 Å². The molecule has 0 unspecified atom stereocenters. The van der Waals surface area contributed by atoms with Gasteiger partial charge in [0, 0.05) is 6.42 Å². The highest BCUT2D eigenvalue weighted by atomic mass is 35.5. The molecule has 5 nitrogen and oxygen atoms in total. The van der Waals surface area contributed by atoms with Gasteiger partial charge < -0.3 is 9.47 Å². The third kappa shape index (κ3) is 5.34. The molecular formula is C25H27ClO5. The molecule has 0 amide bonds. The van der Waals surface area contributed by atoms with Crippen LogP contribution in [-0.4, -0.2) is 29.9 Å². The van der Waals surface area contributed by atoms with Gasteiger partial charge in [-0.1, -0.05) is 41.0 Å². The molecule has 1 saturated heterocycles. The van der Waals surface area contributed by atoms with Crippen molar-refractivity contribution in [2.45, 2.75) is 58.7 Å². The Hall–Kier alpha value is -2.66. The van der Waals surface area contributed by atoms with Gasteiger partial charge in [-0.25, -0.2) is 4.79 Å². The summed E-state index contributed by atoms with van der Waals surface area (Å²) >= 11 is 6.09. The number of esters is 2. The van der Waals surface area contributed by atoms with E-state index in [-0.39, 0.29) is 24.2 Å². The number of hydrogen-bond donors (Lipinski definition) is 0. The lowest BCUT2D eigenvalue weighted by Crippen LogP contribution is -2.43. The quantitative estimate of drug-likeness (QED) is 0.436. The molecule has 6 heteroatoms. The number of ether oxygens (including phenoxy) is 2. The predicted octanol–water partition coefficient (Wildman–Crippen LogP) is 5.39. The van der Waals surface area contributed by atoms with Gasteiger partial charge in [-0.15, -0.1) is 0 Å². The normalized spacial score (nSPS) is 25.5. The van der Waals surface area contributed by atoms with Crippen LogP contribution in [0.2, 0.25) is 5.02 Å². The summed E-state index contributed by atoms with van der Waals surface area (Å²) in [5.74, 6) is -1.17. The number of carbonyl (C=O) groups is 3. The van der Waals surface area contributed by atoms with E-state index in [1.165, 1.54) is 11.6 Å². The molecule has 1 heterocycles. The first-order valence-corrected chi connectivity index (χ1v) is 10.8. The summed E-state index contributed by atoms with van der Waals surface area (Å²) in [5.41, 5.74) is 1.49. The number of hydrogen-bond acceptors (Lipinski definition) is 5. The number of halogens is 1. The molecular weight excluding hydrogens is 416 g/mol. The molecule has 0 N–H and O–H groups in total. The minimum atomic E-state index is -1.06. The van der Waals surface area contributed by atoms with Crippen LogP contribution in [0, 0.1) is 5.41 Å². The Kier molecular flexibility index (Phi) is 7.16. The average Bonchev–Trinajstić information content (AvgIpc) is 3.00. The zero-order valence-electron chi connectivity index (χ0n) is 18.0. The topological polar surface area (TPSA) is 69.7 Å². The highest BCUT2D eigenvalue weighted by Crippen LogP contribution is 2.45. The number of allylic oxidation sites excluding steroid dienone is 4. The lowest BCUT2D eigenvalue weighted by atomic mass is 9.69. The van der Waals surface area contributed by atoms with E-state index in [4.69, 9.17) is 21.1 Å². The van der Waals surface area contributed by atoms with E-state index in [2.05, 4.69) is 6.08 Å². The van der Waals surface area contributed by atoms with Crippen molar-refractivity contribution >= 4 is 29.3 Å². The van der Waals surface area contributed by atoms with Gasteiger partial charge in [0.05, 0.1) is 22.4 Å². The van der Waals surface area contributed by atoms with Crippen molar-refractivity contribution in [2.75, 3.05) is 0 Å². The first kappa shape index (κ1) is 23.0. The van der Waals surface area contributed by atoms with Crippen LogP contribution in [0.1, 0.15) is 56.8 Å². The fourth-order valence-electron chi connectivity index (χ4n) is 3.99. The lowest BCUT2D eigenvalue weighted by molar-refractivity contribution is -0.140. The Labute approximate surface area is 187 Å². The first-order valence-electron chi connectivity index (χ1n) is 10.4. The first-order chi connectivity index (χ1) is 14.7. The van der Waals surface area contributed by atoms with Crippen LogP contribution in [0.15, 0.2) is 59.7 Å². The Morgan fingerprint density at radius 2 is 2.00 bits per heavy atom. The summed E-state index contributed by atoms with van der Waals surface area (Å²) in [6.07, 6.45) is 7.49. The SMILES string of the molecule is CC(C)=CCC/C(C)=C/[C@H]1OC(=O)C[C@]12C[C@H](OC(=O)c1ccccc1Cl)C=CC2=O. The molecule has 31 heavy (non-hydrogen) atoms. The summed E-state index contributed by atoms with van der Waals surface area (Å²) in [5, 5.41) is 0.297. The van der Waals surface area contributed by atoms with Crippen molar-refractivity contribution in [1.29, 1.82) is 0 Å². The second-order valence-corrected chi connectivity index (χ2v) is 8.83. The fourth-order valence-corrected chi connectivity index (χ4v) is 4.20. The summed E-state index contributed by atoms with van der Waals surface area (Å²) < 4.78 is 11.1. The molecule has 0 saturated carbocycles. The smallest absolute Gasteiger partial charge is 0.340 e. The van der Waals surface area contributed by atoms with Crippen LogP contribution in [0.4, 0.5) is 0 Å². The van der Waals surface area contributed by atoms with E-state index >= 15 is 0 Å². The van der Waals surface area contributed by atoms with Crippen LogP contribution in [-0.2, 0) is 19.1 Å². The highest BCUT2D eigenvalue weighted by Gasteiger charge is 2.55. The number of carbonyl (C=O) groups excluding carboxylic acids is 3. The molecule has 1 aromatic carbocycles. The summed E-state index contributed by atoms with van der Waals surface area (Å²) in [6, 6.07) is 6.63. The maximum absolute atomic E-state index is 12.9. The Morgan fingerprint density at radius 1 is 1.26 bits per heavy atom. The fraction of sp³-hybridized carbons (Fsp3) is 0.400. The largest absolute Gasteiger partial charge is 0.457 e. The summed E-state index contributed by atoms with van der Waals surface area (Å²) in [6.45, 7) is 6.06. The molecule has 1 fully saturated rings. The van der Waals surface area contributed by atoms with Crippen molar-refractivity contribution in [1.82, 2.24) is 0 Å². The third-order valence-corrected chi connectivity index (χ3v) is 5.99. The van der Waals surface area contributed by atoms with Gasteiger partial charge in [0.2, 0.25) is 0 Å². The van der Waals surface area contributed by atoms with Gasteiger partial charge in [0.15, 0.2) is 5.78 Å². The zero-order chi connectivity index (χ0) is 22.6. The van der Waals surface area contributed by atoms with Crippen molar-refractivity contribution in [3.05, 3.63) is 70.3 Å². The Balaban J connectivity index is 1.78. The monoisotopic (exact) mass is 442 g/mol. The van der Waals surface area contributed by atoms with Gasteiger partial charge in [-0.2, -0.15) is 0 Å². The Bertz CT molecular complexity index is 970. The lowest BCUT2D eigenvalue weighted by Gasteiger charge is -2.34. The molecule has 0 radical (unpaired) electrons. The van der Waals surface area contributed by atoms with Gasteiger partial charge in [-0.05, 0) is 64.0 Å². The van der Waals surface area contributed by atoms with Crippen molar-refractivity contribution in [2.24, 2.45) is 5.41 Å². The summed E-state index contributed by atoms with van der Waals surface area (Å²) in [7, 11) is 0. The molecule has 0 bridgehead atoms. The summed E-state index contributed by atoms with van der Waals surface area (Å²) in [4.78, 5) is 37.7. The molecule has 3 rings (SSSR count). The maximum Gasteiger partial charge on any atom is 0.340 e. The van der Waals surface area contributed by atoms with E-state index in [1.807, 2.05) is 26.8 Å². The molecule has 0 aromatic heterocycles. The highest BCUT2D eigenvalue weighted by molar-refractivity contribution is 6.33. The van der Waals surface area contributed by atoms with E-state index in [1.54, 1.807) is 30.3 Å². The molecule has 2 aliphatic rings. The second-order valence-electron chi connectivity index (χ2n) is 8.43. The van der Waals surface area contributed by atoms with Gasteiger partial charge in [0.25, 0.3) is 0 Å². The van der Waals surface area contributed by atoms with E-state index in [0.29, 0.717) is 5.02 Å². The standard InChI is InChI=1S/C25H27ClO5/c1-16(2)7-6-8-17(3)13-22-25(15-23(28)31-22)14-18(11-12-21(25)27)30-24(29)19-9-4-5-10-20(19)26/h4-5,7,9-13,18,22H,6,8,14-15H2,1-3H3/b17-13+/t18-,22-,25+/m1/s1. The van der Waals surface area contributed by atoms with E-state index < -0.39 is 29.6 Å². The van der Waals surface area contributed by atoms with Crippen LogP contribution in [0.5, 0.6) is 0 Å². The van der Waals surface area contributed by atoms with E-state index in [0.717, 1.165) is 18.4 Å². The molecule has 3 atom stereocenters. The minimum absolute atomic E-state index is 0.0290. The van der Waals surface area contributed by atoms with Crippen LogP contribution in [0.3, 0.4) is 0 Å². The van der Waals surface area contributed by atoms with Gasteiger partial charge in [0.1, 0.15) is 12.2 Å². The third-order valence-electron chi connectivity index (χ3n) is 5.66. The van der Waals surface area contributed by atoms with Crippen LogP contribution in [0.25, 0.3) is 0 Å².